The van der Waals surface area contributed by atoms with Gasteiger partial charge < -0.3 is 14.8 Å². The van der Waals surface area contributed by atoms with Gasteiger partial charge in [0.25, 0.3) is 0 Å². The second-order valence-electron chi connectivity index (χ2n) is 7.88. The zero-order chi connectivity index (χ0) is 22.0. The predicted octanol–water partition coefficient (Wildman–Crippen LogP) is 4.68. The van der Waals surface area contributed by atoms with Crippen LogP contribution < -0.4 is 15.6 Å². The molecule has 5 nitrogen and oxygen atoms in total. The van der Waals surface area contributed by atoms with Crippen molar-refractivity contribution in [3.8, 4) is 11.1 Å². The van der Waals surface area contributed by atoms with Crippen molar-refractivity contribution >= 4 is 28.2 Å². The fourth-order valence-corrected chi connectivity index (χ4v) is 3.65. The number of benzene rings is 3. The van der Waals surface area contributed by atoms with E-state index in [1.165, 1.54) is 0 Å². The van der Waals surface area contributed by atoms with Gasteiger partial charge in [-0.15, -0.1) is 0 Å². The number of anilines is 2. The SMILES string of the molecule is Cc1ccc2c(=O)c(-c3ccccc3)cn(CC(=O)Nc3ccc(N(C)C)cc3)c2c1. The van der Waals surface area contributed by atoms with Gasteiger partial charge in [0.2, 0.25) is 5.91 Å². The van der Waals surface area contributed by atoms with Crippen LogP contribution in [-0.4, -0.2) is 24.6 Å². The smallest absolute Gasteiger partial charge is 0.244 e. The Balaban J connectivity index is 1.70. The number of fused-ring (bicyclic) bond motifs is 1. The monoisotopic (exact) mass is 411 g/mol. The number of amides is 1. The minimum absolute atomic E-state index is 0.0304. The van der Waals surface area contributed by atoms with E-state index >= 15 is 0 Å². The summed E-state index contributed by atoms with van der Waals surface area (Å²) in [6, 6.07) is 23.0. The summed E-state index contributed by atoms with van der Waals surface area (Å²) in [7, 11) is 3.95. The number of carbonyl (C=O) groups excluding carboxylic acids is 1. The third-order valence-corrected chi connectivity index (χ3v) is 5.30. The van der Waals surface area contributed by atoms with E-state index in [1.807, 2.05) is 103 Å². The maximum Gasteiger partial charge on any atom is 0.244 e. The number of pyridine rings is 1. The number of hydrogen-bond acceptors (Lipinski definition) is 3. The summed E-state index contributed by atoms with van der Waals surface area (Å²) in [6.45, 7) is 2.08. The van der Waals surface area contributed by atoms with Crippen molar-refractivity contribution in [2.75, 3.05) is 24.3 Å². The molecule has 0 radical (unpaired) electrons. The summed E-state index contributed by atoms with van der Waals surface area (Å²) in [6.07, 6.45) is 1.79. The lowest BCUT2D eigenvalue weighted by Gasteiger charge is -2.15. The molecule has 0 aliphatic carbocycles. The van der Waals surface area contributed by atoms with Crippen molar-refractivity contribution in [1.82, 2.24) is 4.57 Å². The van der Waals surface area contributed by atoms with Gasteiger partial charge in [-0.2, -0.15) is 0 Å². The van der Waals surface area contributed by atoms with E-state index in [4.69, 9.17) is 0 Å². The van der Waals surface area contributed by atoms with Crippen LogP contribution in [0.5, 0.6) is 0 Å². The molecule has 1 N–H and O–H groups in total. The van der Waals surface area contributed by atoms with Crippen molar-refractivity contribution in [2.45, 2.75) is 13.5 Å². The van der Waals surface area contributed by atoms with E-state index < -0.39 is 0 Å². The molecule has 0 atom stereocenters. The standard InChI is InChI=1S/C26H25N3O2/c1-18-9-14-22-24(15-18)29(16-23(26(22)31)19-7-5-4-6-8-19)17-25(30)27-20-10-12-21(13-11-20)28(2)3/h4-16H,17H2,1-3H3,(H,27,30). The van der Waals surface area contributed by atoms with E-state index in [9.17, 15) is 9.59 Å². The molecule has 0 unspecified atom stereocenters. The van der Waals surface area contributed by atoms with Gasteiger partial charge in [0.05, 0.1) is 5.52 Å². The summed E-state index contributed by atoms with van der Waals surface area (Å²) in [4.78, 5) is 28.0. The molecule has 1 amide bonds. The molecule has 0 fully saturated rings. The lowest BCUT2D eigenvalue weighted by molar-refractivity contribution is -0.116. The first-order valence-corrected chi connectivity index (χ1v) is 10.2. The summed E-state index contributed by atoms with van der Waals surface area (Å²) >= 11 is 0. The Morgan fingerprint density at radius 1 is 0.968 bits per heavy atom. The molecule has 0 aliphatic rings. The molecule has 1 aromatic heterocycles. The van der Waals surface area contributed by atoms with Gasteiger partial charge in [0, 0.05) is 42.6 Å². The van der Waals surface area contributed by atoms with Crippen LogP contribution in [0.4, 0.5) is 11.4 Å². The minimum atomic E-state index is -0.150. The van der Waals surface area contributed by atoms with Gasteiger partial charge in [-0.05, 0) is 54.4 Å². The van der Waals surface area contributed by atoms with Crippen LogP contribution in [0, 0.1) is 6.92 Å². The number of carbonyl (C=O) groups is 1. The van der Waals surface area contributed by atoms with Crippen molar-refractivity contribution < 1.29 is 4.79 Å². The zero-order valence-corrected chi connectivity index (χ0v) is 17.9. The lowest BCUT2D eigenvalue weighted by atomic mass is 10.0. The lowest BCUT2D eigenvalue weighted by Crippen LogP contribution is -2.21. The Labute approximate surface area is 181 Å². The second kappa shape index (κ2) is 8.48. The fourth-order valence-electron chi connectivity index (χ4n) is 3.65. The van der Waals surface area contributed by atoms with E-state index in [-0.39, 0.29) is 17.9 Å². The summed E-state index contributed by atoms with van der Waals surface area (Å²) in [5, 5.41) is 3.56. The molecule has 156 valence electrons. The van der Waals surface area contributed by atoms with Gasteiger partial charge in [0.1, 0.15) is 6.54 Å². The van der Waals surface area contributed by atoms with Crippen LogP contribution in [0.1, 0.15) is 5.56 Å². The summed E-state index contributed by atoms with van der Waals surface area (Å²) < 4.78 is 1.86. The van der Waals surface area contributed by atoms with Gasteiger partial charge in [-0.25, -0.2) is 0 Å². The van der Waals surface area contributed by atoms with Gasteiger partial charge >= 0.3 is 0 Å². The highest BCUT2D eigenvalue weighted by Gasteiger charge is 2.13. The highest BCUT2D eigenvalue weighted by atomic mass is 16.2. The number of aromatic nitrogens is 1. The van der Waals surface area contributed by atoms with E-state index in [2.05, 4.69) is 5.32 Å². The normalized spacial score (nSPS) is 10.8. The Hall–Kier alpha value is -3.86. The molecule has 0 bridgehead atoms. The molecule has 0 aliphatic heterocycles. The molecular weight excluding hydrogens is 386 g/mol. The predicted molar refractivity (Wildman–Crippen MR) is 128 cm³/mol. The third kappa shape index (κ3) is 4.36. The Kier molecular flexibility index (Phi) is 5.58. The summed E-state index contributed by atoms with van der Waals surface area (Å²) in [5.74, 6) is -0.150. The zero-order valence-electron chi connectivity index (χ0n) is 17.9. The molecule has 3 aromatic carbocycles. The topological polar surface area (TPSA) is 54.3 Å². The van der Waals surface area contributed by atoms with Crippen LogP contribution in [0.2, 0.25) is 0 Å². The van der Waals surface area contributed by atoms with Crippen molar-refractivity contribution in [2.24, 2.45) is 0 Å². The first kappa shape index (κ1) is 20.4. The Morgan fingerprint density at radius 3 is 2.35 bits per heavy atom. The molecule has 4 aromatic rings. The van der Waals surface area contributed by atoms with Crippen LogP contribution in [0.15, 0.2) is 83.8 Å². The number of rotatable bonds is 5. The number of nitrogens with one attached hydrogen (secondary N) is 1. The molecule has 0 saturated heterocycles. The Bertz CT molecular complexity index is 1290. The van der Waals surface area contributed by atoms with Gasteiger partial charge in [0.15, 0.2) is 5.43 Å². The van der Waals surface area contributed by atoms with Gasteiger partial charge in [-0.1, -0.05) is 36.4 Å². The minimum Gasteiger partial charge on any atom is -0.378 e. The van der Waals surface area contributed by atoms with Crippen molar-refractivity contribution in [3.63, 3.8) is 0 Å². The highest BCUT2D eigenvalue weighted by Crippen LogP contribution is 2.21. The maximum absolute atomic E-state index is 13.1. The van der Waals surface area contributed by atoms with Crippen molar-refractivity contribution in [3.05, 3.63) is 94.8 Å². The van der Waals surface area contributed by atoms with E-state index in [0.717, 1.165) is 28.0 Å². The summed E-state index contributed by atoms with van der Waals surface area (Å²) in [5.41, 5.74) is 4.98. The first-order valence-electron chi connectivity index (χ1n) is 10.2. The van der Waals surface area contributed by atoms with E-state index in [0.29, 0.717) is 10.9 Å². The average molecular weight is 412 g/mol. The molecule has 31 heavy (non-hydrogen) atoms. The Morgan fingerprint density at radius 2 is 1.68 bits per heavy atom. The number of aryl methyl sites for hydroxylation is 1. The van der Waals surface area contributed by atoms with Crippen molar-refractivity contribution in [1.29, 1.82) is 0 Å². The van der Waals surface area contributed by atoms with E-state index in [1.54, 1.807) is 6.20 Å². The maximum atomic E-state index is 13.1. The van der Waals surface area contributed by atoms with Crippen LogP contribution in [0.3, 0.4) is 0 Å². The molecule has 1 heterocycles. The molecule has 0 spiro atoms. The molecule has 0 saturated carbocycles. The largest absolute Gasteiger partial charge is 0.378 e. The fraction of sp³-hybridized carbons (Fsp3) is 0.154. The highest BCUT2D eigenvalue weighted by molar-refractivity contribution is 5.92. The van der Waals surface area contributed by atoms with Gasteiger partial charge in [-0.3, -0.25) is 9.59 Å². The number of hydrogen-bond donors (Lipinski definition) is 1. The number of nitrogens with zero attached hydrogens (tertiary/aromatic N) is 2. The molecule has 4 rings (SSSR count). The third-order valence-electron chi connectivity index (χ3n) is 5.30. The molecular formula is C26H25N3O2. The van der Waals surface area contributed by atoms with Crippen LogP contribution in [0.25, 0.3) is 22.0 Å². The molecule has 5 heteroatoms. The van der Waals surface area contributed by atoms with Crippen LogP contribution >= 0.6 is 0 Å². The second-order valence-corrected chi connectivity index (χ2v) is 7.88. The average Bonchev–Trinajstić information content (AvgIpc) is 2.76. The quantitative estimate of drug-likeness (QED) is 0.519. The van der Waals surface area contributed by atoms with Crippen LogP contribution in [-0.2, 0) is 11.3 Å². The first-order chi connectivity index (χ1) is 14.9.